The summed E-state index contributed by atoms with van der Waals surface area (Å²) in [5.41, 5.74) is 1.31. The van der Waals surface area contributed by atoms with Gasteiger partial charge >= 0.3 is 0 Å². The van der Waals surface area contributed by atoms with Crippen molar-refractivity contribution in [2.45, 2.75) is 78.6 Å². The third-order valence-electron chi connectivity index (χ3n) is 7.13. The van der Waals surface area contributed by atoms with Crippen molar-refractivity contribution in [2.75, 3.05) is 0 Å². The molecule has 3 aliphatic rings. The largest absolute Gasteiger partial charge is 0.0591 e. The number of fused-ring (bicyclic) bond motifs is 2. The molecule has 1 unspecified atom stereocenters. The summed E-state index contributed by atoms with van der Waals surface area (Å²) in [7, 11) is 0. The van der Waals surface area contributed by atoms with Gasteiger partial charge in [-0.15, -0.1) is 0 Å². The SMILES string of the molecule is CC1(C)[C@H]2CC[C@]1(C)CC2CC1CCCCC1. The highest BCUT2D eigenvalue weighted by Gasteiger charge is 2.60. The average molecular weight is 234 g/mol. The Bertz CT molecular complexity index is 282. The van der Waals surface area contributed by atoms with Crippen molar-refractivity contribution in [2.24, 2.45) is 28.6 Å². The van der Waals surface area contributed by atoms with Crippen molar-refractivity contribution in [3.05, 3.63) is 0 Å². The molecule has 0 heterocycles. The molecule has 0 nitrogen and oxygen atoms in total. The zero-order chi connectivity index (χ0) is 12.1. The molecule has 17 heavy (non-hydrogen) atoms. The van der Waals surface area contributed by atoms with E-state index >= 15 is 0 Å². The summed E-state index contributed by atoms with van der Waals surface area (Å²) in [6, 6.07) is 0. The molecule has 3 aliphatic carbocycles. The van der Waals surface area contributed by atoms with Crippen LogP contribution in [-0.2, 0) is 0 Å². The molecule has 0 aromatic heterocycles. The maximum Gasteiger partial charge on any atom is -0.0269 e. The van der Waals surface area contributed by atoms with Crippen LogP contribution in [-0.4, -0.2) is 0 Å². The minimum atomic E-state index is 0.631. The van der Waals surface area contributed by atoms with E-state index in [0.29, 0.717) is 10.8 Å². The van der Waals surface area contributed by atoms with Crippen molar-refractivity contribution in [1.82, 2.24) is 0 Å². The second kappa shape index (κ2) is 4.00. The van der Waals surface area contributed by atoms with Crippen LogP contribution in [0, 0.1) is 28.6 Å². The van der Waals surface area contributed by atoms with Crippen molar-refractivity contribution < 1.29 is 0 Å². The van der Waals surface area contributed by atoms with Gasteiger partial charge in [-0.1, -0.05) is 52.9 Å². The summed E-state index contributed by atoms with van der Waals surface area (Å²) >= 11 is 0. The van der Waals surface area contributed by atoms with Crippen LogP contribution in [0.4, 0.5) is 0 Å². The highest BCUT2D eigenvalue weighted by molar-refractivity contribution is 5.09. The molecular weight excluding hydrogens is 204 g/mol. The highest BCUT2D eigenvalue weighted by atomic mass is 14.6. The fourth-order valence-electron chi connectivity index (χ4n) is 5.61. The highest BCUT2D eigenvalue weighted by Crippen LogP contribution is 2.68. The predicted octanol–water partition coefficient (Wildman–Crippen LogP) is 5.42. The third-order valence-corrected chi connectivity index (χ3v) is 7.13. The fraction of sp³-hybridized carbons (Fsp3) is 1.00. The Labute approximate surface area is 108 Å². The van der Waals surface area contributed by atoms with Gasteiger partial charge in [-0.05, 0) is 54.3 Å². The summed E-state index contributed by atoms with van der Waals surface area (Å²) < 4.78 is 0. The van der Waals surface area contributed by atoms with Crippen LogP contribution in [0.1, 0.15) is 78.6 Å². The molecule has 0 saturated heterocycles. The summed E-state index contributed by atoms with van der Waals surface area (Å²) in [5.74, 6) is 3.22. The van der Waals surface area contributed by atoms with Gasteiger partial charge in [0.2, 0.25) is 0 Å². The molecule has 0 heteroatoms. The Morgan fingerprint density at radius 2 is 1.65 bits per heavy atom. The number of hydrogen-bond acceptors (Lipinski definition) is 0. The summed E-state index contributed by atoms with van der Waals surface area (Å²) in [5, 5.41) is 0. The molecule has 0 aromatic rings. The van der Waals surface area contributed by atoms with Crippen molar-refractivity contribution in [1.29, 1.82) is 0 Å². The number of hydrogen-bond donors (Lipinski definition) is 0. The molecule has 2 bridgehead atoms. The van der Waals surface area contributed by atoms with Crippen LogP contribution in [0.2, 0.25) is 0 Å². The van der Waals surface area contributed by atoms with Crippen molar-refractivity contribution >= 4 is 0 Å². The van der Waals surface area contributed by atoms with E-state index in [0.717, 1.165) is 17.8 Å². The maximum atomic E-state index is 2.58. The van der Waals surface area contributed by atoms with E-state index in [4.69, 9.17) is 0 Å². The van der Waals surface area contributed by atoms with Gasteiger partial charge in [-0.3, -0.25) is 0 Å². The lowest BCUT2D eigenvalue weighted by atomic mass is 9.71. The molecule has 0 radical (unpaired) electrons. The lowest BCUT2D eigenvalue weighted by Crippen LogP contribution is -2.26. The van der Waals surface area contributed by atoms with Crippen molar-refractivity contribution in [3.63, 3.8) is 0 Å². The molecular formula is C17H30. The Morgan fingerprint density at radius 3 is 2.18 bits per heavy atom. The zero-order valence-electron chi connectivity index (χ0n) is 12.1. The lowest BCUT2D eigenvalue weighted by Gasteiger charge is -2.34. The van der Waals surface area contributed by atoms with Gasteiger partial charge in [0.1, 0.15) is 0 Å². The van der Waals surface area contributed by atoms with Crippen LogP contribution < -0.4 is 0 Å². The van der Waals surface area contributed by atoms with E-state index in [1.807, 2.05) is 0 Å². The molecule has 3 rings (SSSR count). The van der Waals surface area contributed by atoms with E-state index < -0.39 is 0 Å². The first-order valence-corrected chi connectivity index (χ1v) is 8.03. The summed E-state index contributed by atoms with van der Waals surface area (Å²) in [6.07, 6.45) is 13.8. The van der Waals surface area contributed by atoms with Gasteiger partial charge in [0.25, 0.3) is 0 Å². The van der Waals surface area contributed by atoms with Crippen LogP contribution in [0.3, 0.4) is 0 Å². The molecule has 0 aliphatic heterocycles. The zero-order valence-corrected chi connectivity index (χ0v) is 12.1. The van der Waals surface area contributed by atoms with Gasteiger partial charge in [0.05, 0.1) is 0 Å². The molecule has 0 spiro atoms. The molecule has 98 valence electrons. The van der Waals surface area contributed by atoms with Gasteiger partial charge < -0.3 is 0 Å². The van der Waals surface area contributed by atoms with Crippen LogP contribution in [0.15, 0.2) is 0 Å². The molecule has 0 amide bonds. The predicted molar refractivity (Wildman–Crippen MR) is 73.9 cm³/mol. The maximum absolute atomic E-state index is 2.58. The first-order chi connectivity index (χ1) is 8.03. The van der Waals surface area contributed by atoms with Crippen molar-refractivity contribution in [3.8, 4) is 0 Å². The van der Waals surface area contributed by atoms with Gasteiger partial charge in [-0.2, -0.15) is 0 Å². The molecule has 0 N–H and O–H groups in total. The smallest absolute Gasteiger partial charge is 0.0269 e. The third kappa shape index (κ3) is 1.78. The number of rotatable bonds is 2. The topological polar surface area (TPSA) is 0 Å². The van der Waals surface area contributed by atoms with Crippen LogP contribution in [0.5, 0.6) is 0 Å². The van der Waals surface area contributed by atoms with E-state index in [2.05, 4.69) is 20.8 Å². The monoisotopic (exact) mass is 234 g/mol. The van der Waals surface area contributed by atoms with E-state index in [1.54, 1.807) is 25.7 Å². The second-order valence-electron chi connectivity index (χ2n) is 8.13. The van der Waals surface area contributed by atoms with E-state index in [9.17, 15) is 0 Å². The molecule has 3 fully saturated rings. The van der Waals surface area contributed by atoms with E-state index in [-0.39, 0.29) is 0 Å². The molecule has 3 atom stereocenters. The Balaban J connectivity index is 1.67. The Hall–Kier alpha value is 0. The first-order valence-electron chi connectivity index (χ1n) is 8.03. The van der Waals surface area contributed by atoms with Gasteiger partial charge in [-0.25, -0.2) is 0 Å². The fourth-order valence-corrected chi connectivity index (χ4v) is 5.61. The lowest BCUT2D eigenvalue weighted by molar-refractivity contribution is 0.151. The average Bonchev–Trinajstić information content (AvgIpc) is 2.61. The molecule has 0 aromatic carbocycles. The summed E-state index contributed by atoms with van der Waals surface area (Å²) in [6.45, 7) is 7.70. The quantitative estimate of drug-likeness (QED) is 0.598. The minimum Gasteiger partial charge on any atom is -0.0591 e. The normalized spacial score (nSPS) is 45.4. The van der Waals surface area contributed by atoms with Crippen LogP contribution >= 0.6 is 0 Å². The van der Waals surface area contributed by atoms with Gasteiger partial charge in [0.15, 0.2) is 0 Å². The molecule has 3 saturated carbocycles. The standard InChI is InChI=1S/C17H30/c1-16(2)15-9-10-17(16,3)12-14(15)11-13-7-5-4-6-8-13/h13-15H,4-12H2,1-3H3/t14?,15-,17+/m0/s1. The second-order valence-corrected chi connectivity index (χ2v) is 8.13. The Morgan fingerprint density at radius 1 is 0.941 bits per heavy atom. The van der Waals surface area contributed by atoms with E-state index in [1.165, 1.54) is 32.1 Å². The van der Waals surface area contributed by atoms with Crippen LogP contribution in [0.25, 0.3) is 0 Å². The Kier molecular flexibility index (Phi) is 2.84. The van der Waals surface area contributed by atoms with Gasteiger partial charge in [0, 0.05) is 0 Å². The minimum absolute atomic E-state index is 0.631. The first kappa shape index (κ1) is 12.1. The summed E-state index contributed by atoms with van der Waals surface area (Å²) in [4.78, 5) is 0.